The Balaban J connectivity index is 2.29. The Hall–Kier alpha value is -1.65. The van der Waals surface area contributed by atoms with E-state index in [2.05, 4.69) is 19.2 Å². The second-order valence-corrected chi connectivity index (χ2v) is 5.82. The van der Waals surface area contributed by atoms with Gasteiger partial charge in [0.1, 0.15) is 5.82 Å². The minimum atomic E-state index is -0.434. The van der Waals surface area contributed by atoms with E-state index in [1.807, 2.05) is 35.2 Å². The molecule has 0 radical (unpaired) electrons. The molecule has 0 saturated carbocycles. The monoisotopic (exact) mass is 336 g/mol. The topological polar surface area (TPSA) is 15.3 Å². The van der Waals surface area contributed by atoms with Gasteiger partial charge in [0.05, 0.1) is 5.02 Å². The maximum Gasteiger partial charge on any atom is 0.178 e. The third kappa shape index (κ3) is 3.96. The van der Waals surface area contributed by atoms with Crippen LogP contribution in [0.1, 0.15) is 20.3 Å². The Labute approximate surface area is 140 Å². The quantitative estimate of drug-likeness (QED) is 0.744. The third-order valence-electron chi connectivity index (χ3n) is 3.46. The molecule has 1 unspecified atom stereocenters. The molecular weight excluding hydrogens is 319 g/mol. The highest BCUT2D eigenvalue weighted by Gasteiger charge is 2.19. The van der Waals surface area contributed by atoms with Gasteiger partial charge in [0.25, 0.3) is 0 Å². The van der Waals surface area contributed by atoms with E-state index >= 15 is 0 Å². The predicted molar refractivity (Wildman–Crippen MR) is 96.3 cm³/mol. The normalized spacial score (nSPS) is 11.8. The molecule has 0 aliphatic carbocycles. The minimum absolute atomic E-state index is 0.0910. The van der Waals surface area contributed by atoms with Gasteiger partial charge in [-0.15, -0.1) is 0 Å². The van der Waals surface area contributed by atoms with Gasteiger partial charge in [-0.1, -0.05) is 36.7 Å². The molecule has 2 aromatic rings. The van der Waals surface area contributed by atoms with Crippen molar-refractivity contribution in [2.24, 2.45) is 0 Å². The highest BCUT2D eigenvalue weighted by atomic mass is 35.5. The summed E-state index contributed by atoms with van der Waals surface area (Å²) < 4.78 is 13.4. The number of anilines is 2. The Morgan fingerprint density at radius 1 is 1.27 bits per heavy atom. The van der Waals surface area contributed by atoms with Crippen molar-refractivity contribution in [3.63, 3.8) is 0 Å². The number of thiocarbonyl (C=S) groups is 1. The van der Waals surface area contributed by atoms with E-state index in [1.54, 1.807) is 12.1 Å². The molecule has 0 bridgehead atoms. The summed E-state index contributed by atoms with van der Waals surface area (Å²) in [5.41, 5.74) is 1.68. The molecule has 0 aromatic heterocycles. The van der Waals surface area contributed by atoms with Crippen molar-refractivity contribution in [1.82, 2.24) is 0 Å². The van der Waals surface area contributed by atoms with Crippen LogP contribution in [0.25, 0.3) is 0 Å². The van der Waals surface area contributed by atoms with Crippen molar-refractivity contribution >= 4 is 40.3 Å². The number of hydrogen-bond donors (Lipinski definition) is 1. The van der Waals surface area contributed by atoms with Crippen LogP contribution in [0.5, 0.6) is 0 Å². The first kappa shape index (κ1) is 16.7. The number of halogens is 2. The number of benzene rings is 2. The number of hydrogen-bond acceptors (Lipinski definition) is 1. The molecule has 2 nitrogen and oxygen atoms in total. The Bertz CT molecular complexity index is 648. The van der Waals surface area contributed by atoms with E-state index in [0.717, 1.165) is 17.8 Å². The fourth-order valence-electron chi connectivity index (χ4n) is 2.09. The van der Waals surface area contributed by atoms with Crippen molar-refractivity contribution < 1.29 is 4.39 Å². The lowest BCUT2D eigenvalue weighted by molar-refractivity contribution is 0.627. The molecule has 0 fully saturated rings. The van der Waals surface area contributed by atoms with Gasteiger partial charge in [0, 0.05) is 17.4 Å². The number of rotatable bonds is 4. The highest BCUT2D eigenvalue weighted by Crippen LogP contribution is 2.26. The first-order valence-electron chi connectivity index (χ1n) is 7.13. The summed E-state index contributed by atoms with van der Waals surface area (Å²) in [4.78, 5) is 1.95. The van der Waals surface area contributed by atoms with Crippen LogP contribution in [-0.2, 0) is 0 Å². The van der Waals surface area contributed by atoms with Gasteiger partial charge >= 0.3 is 0 Å². The van der Waals surface area contributed by atoms with Crippen LogP contribution < -0.4 is 10.2 Å². The summed E-state index contributed by atoms with van der Waals surface area (Å²) in [5.74, 6) is -0.434. The van der Waals surface area contributed by atoms with Gasteiger partial charge in [0.15, 0.2) is 5.11 Å². The first-order valence-corrected chi connectivity index (χ1v) is 7.92. The molecule has 5 heteroatoms. The van der Waals surface area contributed by atoms with Gasteiger partial charge < -0.3 is 10.2 Å². The van der Waals surface area contributed by atoms with Gasteiger partial charge in [-0.25, -0.2) is 4.39 Å². The Kier molecular flexibility index (Phi) is 5.75. The van der Waals surface area contributed by atoms with Crippen LogP contribution in [0, 0.1) is 5.82 Å². The zero-order chi connectivity index (χ0) is 16.1. The smallest absolute Gasteiger partial charge is 0.178 e. The molecule has 0 aliphatic rings. The van der Waals surface area contributed by atoms with Gasteiger partial charge in [0.2, 0.25) is 0 Å². The lowest BCUT2D eigenvalue weighted by atomic mass is 10.2. The van der Waals surface area contributed by atoms with E-state index in [-0.39, 0.29) is 11.1 Å². The molecule has 0 heterocycles. The molecule has 0 amide bonds. The summed E-state index contributed by atoms with van der Waals surface area (Å²) in [7, 11) is 0. The van der Waals surface area contributed by atoms with E-state index in [4.69, 9.17) is 23.8 Å². The third-order valence-corrected chi connectivity index (χ3v) is 4.05. The predicted octanol–water partition coefficient (Wildman–Crippen LogP) is 5.48. The number of nitrogens with zero attached hydrogens (tertiary/aromatic N) is 1. The Morgan fingerprint density at radius 3 is 2.55 bits per heavy atom. The van der Waals surface area contributed by atoms with Crippen molar-refractivity contribution in [3.8, 4) is 0 Å². The lowest BCUT2D eigenvalue weighted by Crippen LogP contribution is -2.41. The van der Waals surface area contributed by atoms with Crippen LogP contribution in [0.2, 0.25) is 5.02 Å². The standard InChI is InChI=1S/C17H18ClFN2S/c1-3-12(2)21(14-9-10-16(19)15(18)11-14)17(22)20-13-7-5-4-6-8-13/h4-12H,3H2,1-2H3,(H,20,22). The van der Waals surface area contributed by atoms with Crippen LogP contribution in [0.4, 0.5) is 15.8 Å². The van der Waals surface area contributed by atoms with Crippen molar-refractivity contribution in [2.45, 2.75) is 26.3 Å². The lowest BCUT2D eigenvalue weighted by Gasteiger charge is -2.31. The Morgan fingerprint density at radius 2 is 1.95 bits per heavy atom. The molecule has 2 rings (SSSR count). The van der Waals surface area contributed by atoms with Crippen molar-refractivity contribution in [3.05, 3.63) is 59.4 Å². The SMILES string of the molecule is CCC(C)N(C(=S)Nc1ccccc1)c1ccc(F)c(Cl)c1. The zero-order valence-electron chi connectivity index (χ0n) is 12.5. The summed E-state index contributed by atoms with van der Waals surface area (Å²) in [5, 5.41) is 3.86. The molecular formula is C17H18ClFN2S. The van der Waals surface area contributed by atoms with Crippen LogP contribution in [0.3, 0.4) is 0 Å². The zero-order valence-corrected chi connectivity index (χ0v) is 14.1. The van der Waals surface area contributed by atoms with Crippen LogP contribution in [0.15, 0.2) is 48.5 Å². The van der Waals surface area contributed by atoms with E-state index in [0.29, 0.717) is 5.11 Å². The molecule has 2 aromatic carbocycles. The van der Waals surface area contributed by atoms with Crippen LogP contribution in [-0.4, -0.2) is 11.2 Å². The maximum absolute atomic E-state index is 13.4. The van der Waals surface area contributed by atoms with Crippen molar-refractivity contribution in [1.29, 1.82) is 0 Å². The van der Waals surface area contributed by atoms with Crippen molar-refractivity contribution in [2.75, 3.05) is 10.2 Å². The number of para-hydroxylation sites is 1. The summed E-state index contributed by atoms with van der Waals surface area (Å²) in [6.45, 7) is 4.14. The maximum atomic E-state index is 13.4. The molecule has 22 heavy (non-hydrogen) atoms. The average molecular weight is 337 g/mol. The fourth-order valence-corrected chi connectivity index (χ4v) is 2.67. The number of nitrogens with one attached hydrogen (secondary N) is 1. The molecule has 1 N–H and O–H groups in total. The molecule has 0 saturated heterocycles. The minimum Gasteiger partial charge on any atom is -0.332 e. The average Bonchev–Trinajstić information content (AvgIpc) is 2.51. The highest BCUT2D eigenvalue weighted by molar-refractivity contribution is 7.80. The summed E-state index contributed by atoms with van der Waals surface area (Å²) in [6.07, 6.45) is 0.894. The molecule has 1 atom stereocenters. The fraction of sp³-hybridized carbons (Fsp3) is 0.235. The van der Waals surface area contributed by atoms with Crippen LogP contribution >= 0.6 is 23.8 Å². The first-order chi connectivity index (χ1) is 10.5. The van der Waals surface area contributed by atoms with E-state index < -0.39 is 5.82 Å². The summed E-state index contributed by atoms with van der Waals surface area (Å²) in [6, 6.07) is 14.5. The van der Waals surface area contributed by atoms with Gasteiger partial charge in [-0.2, -0.15) is 0 Å². The van der Waals surface area contributed by atoms with Gasteiger partial charge in [-0.3, -0.25) is 0 Å². The molecule has 0 spiro atoms. The second-order valence-electron chi connectivity index (χ2n) is 5.02. The molecule has 116 valence electrons. The second kappa shape index (κ2) is 7.56. The van der Waals surface area contributed by atoms with Gasteiger partial charge in [-0.05, 0) is 55.9 Å². The summed E-state index contributed by atoms with van der Waals surface area (Å²) >= 11 is 11.4. The van der Waals surface area contributed by atoms with E-state index in [9.17, 15) is 4.39 Å². The van der Waals surface area contributed by atoms with E-state index in [1.165, 1.54) is 6.07 Å². The largest absolute Gasteiger partial charge is 0.332 e. The molecule has 0 aliphatic heterocycles.